The van der Waals surface area contributed by atoms with E-state index in [1.54, 1.807) is 12.0 Å². The summed E-state index contributed by atoms with van der Waals surface area (Å²) in [6.07, 6.45) is -0.381. The minimum absolute atomic E-state index is 0.0989. The van der Waals surface area contributed by atoms with E-state index in [-0.39, 0.29) is 30.6 Å². The van der Waals surface area contributed by atoms with Gasteiger partial charge in [-0.1, -0.05) is 18.2 Å². The summed E-state index contributed by atoms with van der Waals surface area (Å²) in [5, 5.41) is 2.81. The minimum Gasteiger partial charge on any atom is -0.496 e. The second-order valence-electron chi connectivity index (χ2n) is 5.54. The highest BCUT2D eigenvalue weighted by atomic mass is 16.6. The van der Waals surface area contributed by atoms with Gasteiger partial charge in [-0.25, -0.2) is 4.79 Å². The van der Waals surface area contributed by atoms with E-state index in [0.29, 0.717) is 18.8 Å². The summed E-state index contributed by atoms with van der Waals surface area (Å²) >= 11 is 0. The molecule has 1 aromatic carbocycles. The van der Waals surface area contributed by atoms with Crippen LogP contribution in [-0.2, 0) is 16.0 Å². The summed E-state index contributed by atoms with van der Waals surface area (Å²) in [5.74, 6) is 0.569. The average Bonchev–Trinajstić information content (AvgIpc) is 2.87. The summed E-state index contributed by atoms with van der Waals surface area (Å²) in [5.41, 5.74) is 0.828. The van der Waals surface area contributed by atoms with Crippen molar-refractivity contribution in [1.82, 2.24) is 10.2 Å². The zero-order chi connectivity index (χ0) is 16.1. The third kappa shape index (κ3) is 3.90. The smallest absolute Gasteiger partial charge is 0.410 e. The van der Waals surface area contributed by atoms with Gasteiger partial charge in [0.05, 0.1) is 26.6 Å². The van der Waals surface area contributed by atoms with Gasteiger partial charge in [-0.2, -0.15) is 0 Å². The van der Waals surface area contributed by atoms with Gasteiger partial charge in [0.1, 0.15) is 11.9 Å². The van der Waals surface area contributed by atoms with E-state index in [1.807, 2.05) is 38.1 Å². The molecular weight excluding hydrogens is 284 g/mol. The lowest BCUT2D eigenvalue weighted by Crippen LogP contribution is -2.36. The Labute approximate surface area is 130 Å². The minimum atomic E-state index is -0.320. The number of nitrogens with one attached hydrogen (secondary N) is 1. The van der Waals surface area contributed by atoms with Gasteiger partial charge in [0.2, 0.25) is 5.91 Å². The maximum Gasteiger partial charge on any atom is 0.410 e. The van der Waals surface area contributed by atoms with Crippen molar-refractivity contribution in [2.24, 2.45) is 0 Å². The second kappa shape index (κ2) is 7.15. The lowest BCUT2D eigenvalue weighted by Gasteiger charge is -2.16. The number of carbonyl (C=O) groups excluding carboxylic acids is 2. The summed E-state index contributed by atoms with van der Waals surface area (Å²) in [6, 6.07) is 7.50. The molecule has 0 bridgehead atoms. The van der Waals surface area contributed by atoms with Gasteiger partial charge < -0.3 is 19.7 Å². The molecule has 6 nitrogen and oxygen atoms in total. The molecule has 2 amide bonds. The van der Waals surface area contributed by atoms with Crippen molar-refractivity contribution in [3.05, 3.63) is 29.8 Å². The molecule has 1 aliphatic rings. The largest absolute Gasteiger partial charge is 0.496 e. The average molecular weight is 306 g/mol. The normalized spacial score (nSPS) is 17.5. The highest BCUT2D eigenvalue weighted by molar-refractivity contribution is 5.79. The summed E-state index contributed by atoms with van der Waals surface area (Å²) < 4.78 is 10.5. The number of ether oxygens (including phenoxy) is 2. The first-order valence-corrected chi connectivity index (χ1v) is 7.37. The van der Waals surface area contributed by atoms with E-state index in [0.717, 1.165) is 5.56 Å². The summed E-state index contributed by atoms with van der Waals surface area (Å²) in [6.45, 7) is 4.70. The van der Waals surface area contributed by atoms with Gasteiger partial charge >= 0.3 is 6.09 Å². The Balaban J connectivity index is 1.83. The number of benzene rings is 1. The molecule has 120 valence electrons. The molecule has 0 radical (unpaired) electrons. The SMILES string of the molecule is COc1ccccc1CC(=O)NCC1CN(C(C)C)C(=O)O1. The molecule has 1 N–H and O–H groups in total. The Bertz CT molecular complexity index is 545. The Morgan fingerprint density at radius 3 is 2.82 bits per heavy atom. The van der Waals surface area contributed by atoms with Crippen molar-refractivity contribution in [2.75, 3.05) is 20.2 Å². The maximum atomic E-state index is 12.0. The van der Waals surface area contributed by atoms with E-state index in [1.165, 1.54) is 0 Å². The third-order valence-corrected chi connectivity index (χ3v) is 3.60. The predicted octanol–water partition coefficient (Wildman–Crippen LogP) is 1.58. The topological polar surface area (TPSA) is 67.9 Å². The second-order valence-corrected chi connectivity index (χ2v) is 5.54. The molecule has 0 spiro atoms. The molecule has 2 rings (SSSR count). The standard InChI is InChI=1S/C16H22N2O4/c1-11(2)18-10-13(22-16(18)20)9-17-15(19)8-12-6-4-5-7-14(12)21-3/h4-7,11,13H,8-10H2,1-3H3,(H,17,19). The van der Waals surface area contributed by atoms with Crippen LogP contribution >= 0.6 is 0 Å². The molecule has 0 aliphatic carbocycles. The number of para-hydroxylation sites is 1. The van der Waals surface area contributed by atoms with Crippen LogP contribution in [0.25, 0.3) is 0 Å². The quantitative estimate of drug-likeness (QED) is 0.866. The van der Waals surface area contributed by atoms with Crippen LogP contribution in [0.1, 0.15) is 19.4 Å². The Kier molecular flexibility index (Phi) is 5.25. The van der Waals surface area contributed by atoms with Gasteiger partial charge in [-0.05, 0) is 19.9 Å². The van der Waals surface area contributed by atoms with Gasteiger partial charge in [0.25, 0.3) is 0 Å². The fourth-order valence-electron chi connectivity index (χ4n) is 2.38. The van der Waals surface area contributed by atoms with Crippen molar-refractivity contribution in [3.63, 3.8) is 0 Å². The van der Waals surface area contributed by atoms with Crippen molar-refractivity contribution < 1.29 is 19.1 Å². The van der Waals surface area contributed by atoms with Gasteiger partial charge in [0, 0.05) is 11.6 Å². The number of rotatable bonds is 6. The molecule has 1 saturated heterocycles. The van der Waals surface area contributed by atoms with Gasteiger partial charge in [-0.15, -0.1) is 0 Å². The Morgan fingerprint density at radius 1 is 1.45 bits per heavy atom. The summed E-state index contributed by atoms with van der Waals surface area (Å²) in [7, 11) is 1.58. The Hall–Kier alpha value is -2.24. The maximum absolute atomic E-state index is 12.0. The van der Waals surface area contributed by atoms with E-state index in [2.05, 4.69) is 5.32 Å². The molecular formula is C16H22N2O4. The zero-order valence-electron chi connectivity index (χ0n) is 13.2. The van der Waals surface area contributed by atoms with E-state index in [9.17, 15) is 9.59 Å². The molecule has 0 saturated carbocycles. The molecule has 0 aromatic heterocycles. The molecule has 1 heterocycles. The van der Waals surface area contributed by atoms with Gasteiger partial charge in [-0.3, -0.25) is 4.79 Å². The monoisotopic (exact) mass is 306 g/mol. The highest BCUT2D eigenvalue weighted by Crippen LogP contribution is 2.18. The molecule has 1 unspecified atom stereocenters. The molecule has 1 atom stereocenters. The van der Waals surface area contributed by atoms with Crippen molar-refractivity contribution in [3.8, 4) is 5.75 Å². The first-order valence-electron chi connectivity index (χ1n) is 7.37. The van der Waals surface area contributed by atoms with Gasteiger partial charge in [0.15, 0.2) is 0 Å². The zero-order valence-corrected chi connectivity index (χ0v) is 13.2. The summed E-state index contributed by atoms with van der Waals surface area (Å²) in [4.78, 5) is 25.3. The van der Waals surface area contributed by atoms with E-state index in [4.69, 9.17) is 9.47 Å². The highest BCUT2D eigenvalue weighted by Gasteiger charge is 2.32. The van der Waals surface area contributed by atoms with E-state index >= 15 is 0 Å². The van der Waals surface area contributed by atoms with Crippen LogP contribution in [0.15, 0.2) is 24.3 Å². The molecule has 22 heavy (non-hydrogen) atoms. The fraction of sp³-hybridized carbons (Fsp3) is 0.500. The van der Waals surface area contributed by atoms with Crippen LogP contribution in [0.5, 0.6) is 5.75 Å². The van der Waals surface area contributed by atoms with Crippen LogP contribution in [0.3, 0.4) is 0 Å². The molecule has 1 fully saturated rings. The van der Waals surface area contributed by atoms with Crippen molar-refractivity contribution >= 4 is 12.0 Å². The fourth-order valence-corrected chi connectivity index (χ4v) is 2.38. The van der Waals surface area contributed by atoms with Crippen LogP contribution in [0, 0.1) is 0 Å². The number of carbonyl (C=O) groups is 2. The lowest BCUT2D eigenvalue weighted by molar-refractivity contribution is -0.120. The lowest BCUT2D eigenvalue weighted by atomic mass is 10.1. The van der Waals surface area contributed by atoms with Crippen LogP contribution in [0.2, 0.25) is 0 Å². The number of methoxy groups -OCH3 is 1. The number of hydrogen-bond acceptors (Lipinski definition) is 4. The number of cyclic esters (lactones) is 1. The molecule has 1 aromatic rings. The van der Waals surface area contributed by atoms with Crippen LogP contribution < -0.4 is 10.1 Å². The first-order chi connectivity index (χ1) is 10.5. The Morgan fingerprint density at radius 2 is 2.18 bits per heavy atom. The molecule has 6 heteroatoms. The number of amides is 2. The number of hydrogen-bond donors (Lipinski definition) is 1. The number of nitrogens with zero attached hydrogens (tertiary/aromatic N) is 1. The first kappa shape index (κ1) is 16.1. The molecule has 1 aliphatic heterocycles. The predicted molar refractivity (Wildman–Crippen MR) is 81.8 cm³/mol. The third-order valence-electron chi connectivity index (χ3n) is 3.60. The van der Waals surface area contributed by atoms with Crippen molar-refractivity contribution in [1.29, 1.82) is 0 Å². The van der Waals surface area contributed by atoms with Crippen LogP contribution in [-0.4, -0.2) is 49.2 Å². The van der Waals surface area contributed by atoms with E-state index < -0.39 is 0 Å². The van der Waals surface area contributed by atoms with Crippen molar-refractivity contribution in [2.45, 2.75) is 32.4 Å². The van der Waals surface area contributed by atoms with Crippen LogP contribution in [0.4, 0.5) is 4.79 Å².